The molecule has 0 amide bonds. The Hall–Kier alpha value is -1.16. The van der Waals surface area contributed by atoms with Crippen LogP contribution in [0, 0.1) is 11.7 Å². The van der Waals surface area contributed by atoms with Gasteiger partial charge in [0.1, 0.15) is 5.02 Å². The minimum atomic E-state index is -0.497. The summed E-state index contributed by atoms with van der Waals surface area (Å²) in [4.78, 5) is 1.99. The zero-order valence-electron chi connectivity index (χ0n) is 10.5. The summed E-state index contributed by atoms with van der Waals surface area (Å²) in [6.45, 7) is 3.84. The fourth-order valence-corrected chi connectivity index (χ4v) is 2.61. The minimum absolute atomic E-state index is 0.0310. The lowest BCUT2D eigenvalue weighted by molar-refractivity contribution is 0.520. The Balaban J connectivity index is 2.35. The Bertz CT molecular complexity index is 450. The van der Waals surface area contributed by atoms with Gasteiger partial charge in [-0.1, -0.05) is 18.5 Å². The summed E-state index contributed by atoms with van der Waals surface area (Å²) < 4.78 is 14.2. The van der Waals surface area contributed by atoms with Crippen molar-refractivity contribution in [2.24, 2.45) is 5.92 Å². The van der Waals surface area contributed by atoms with E-state index < -0.39 is 5.82 Å². The number of anilines is 3. The molecule has 0 spiro atoms. The zero-order valence-corrected chi connectivity index (χ0v) is 11.3. The molecule has 4 N–H and O–H groups in total. The minimum Gasteiger partial charge on any atom is -0.397 e. The van der Waals surface area contributed by atoms with Crippen molar-refractivity contribution < 1.29 is 4.39 Å². The molecule has 5 heteroatoms. The van der Waals surface area contributed by atoms with Gasteiger partial charge in [0, 0.05) is 13.1 Å². The number of hydrogen-bond acceptors (Lipinski definition) is 3. The van der Waals surface area contributed by atoms with Crippen LogP contribution in [-0.2, 0) is 0 Å². The summed E-state index contributed by atoms with van der Waals surface area (Å²) in [5.74, 6) is 0.173. The number of halogens is 2. The monoisotopic (exact) mass is 271 g/mol. The van der Waals surface area contributed by atoms with Crippen molar-refractivity contribution in [3.8, 4) is 0 Å². The number of hydrogen-bond donors (Lipinski definition) is 2. The highest BCUT2D eigenvalue weighted by molar-refractivity contribution is 6.33. The van der Waals surface area contributed by atoms with E-state index in [0.717, 1.165) is 25.9 Å². The third-order valence-corrected chi connectivity index (χ3v) is 3.96. The van der Waals surface area contributed by atoms with E-state index in [1.165, 1.54) is 12.5 Å². The molecule has 0 bridgehead atoms. The van der Waals surface area contributed by atoms with Gasteiger partial charge in [-0.05, 0) is 31.2 Å². The highest BCUT2D eigenvalue weighted by Crippen LogP contribution is 2.37. The van der Waals surface area contributed by atoms with Crippen molar-refractivity contribution in [1.82, 2.24) is 0 Å². The highest BCUT2D eigenvalue weighted by Gasteiger charge is 2.22. The first-order valence-corrected chi connectivity index (χ1v) is 6.66. The van der Waals surface area contributed by atoms with Gasteiger partial charge in [-0.15, -0.1) is 0 Å². The first-order valence-electron chi connectivity index (χ1n) is 6.28. The maximum Gasteiger partial charge on any atom is 0.169 e. The van der Waals surface area contributed by atoms with E-state index in [0.29, 0.717) is 17.3 Å². The van der Waals surface area contributed by atoms with Crippen molar-refractivity contribution in [2.75, 3.05) is 29.5 Å². The Morgan fingerprint density at radius 2 is 2.00 bits per heavy atom. The van der Waals surface area contributed by atoms with Crippen molar-refractivity contribution in [3.63, 3.8) is 0 Å². The van der Waals surface area contributed by atoms with E-state index in [2.05, 4.69) is 6.92 Å². The quantitative estimate of drug-likeness (QED) is 0.771. The zero-order chi connectivity index (χ0) is 13.3. The molecule has 0 aliphatic carbocycles. The van der Waals surface area contributed by atoms with Crippen molar-refractivity contribution >= 4 is 28.7 Å². The van der Waals surface area contributed by atoms with Crippen molar-refractivity contribution in [1.29, 1.82) is 0 Å². The molecule has 0 saturated carbocycles. The Kier molecular flexibility index (Phi) is 3.85. The van der Waals surface area contributed by atoms with E-state index >= 15 is 0 Å². The number of nitrogens with two attached hydrogens (primary N) is 2. The van der Waals surface area contributed by atoms with Gasteiger partial charge in [0.2, 0.25) is 0 Å². The molecule has 1 atom stereocenters. The first-order chi connectivity index (χ1) is 8.50. The van der Waals surface area contributed by atoms with Crippen LogP contribution in [0.15, 0.2) is 6.07 Å². The lowest BCUT2D eigenvalue weighted by Crippen LogP contribution is -2.26. The fourth-order valence-electron chi connectivity index (χ4n) is 2.46. The highest BCUT2D eigenvalue weighted by atomic mass is 35.5. The van der Waals surface area contributed by atoms with Crippen LogP contribution in [0.1, 0.15) is 26.2 Å². The van der Waals surface area contributed by atoms with Crippen LogP contribution in [0.2, 0.25) is 5.02 Å². The van der Waals surface area contributed by atoms with E-state index in [9.17, 15) is 4.39 Å². The molecule has 1 fully saturated rings. The van der Waals surface area contributed by atoms with Gasteiger partial charge in [0.15, 0.2) is 5.82 Å². The van der Waals surface area contributed by atoms with E-state index in [-0.39, 0.29) is 10.7 Å². The van der Waals surface area contributed by atoms with Crippen LogP contribution in [0.25, 0.3) is 0 Å². The molecule has 1 heterocycles. The van der Waals surface area contributed by atoms with Crippen LogP contribution < -0.4 is 16.4 Å². The second-order valence-electron chi connectivity index (χ2n) is 5.05. The SMILES string of the molecule is CC1CCCN(c2c(N)cc(N)c(Cl)c2F)CC1. The smallest absolute Gasteiger partial charge is 0.169 e. The molecule has 1 aliphatic rings. The van der Waals surface area contributed by atoms with Crippen LogP contribution >= 0.6 is 11.6 Å². The molecule has 1 unspecified atom stereocenters. The normalized spacial score (nSPS) is 20.8. The standard InChI is InChI=1S/C13H19ClFN3/c1-8-3-2-5-18(6-4-8)13-10(17)7-9(16)11(14)12(13)15/h7-8H,2-6,16-17H2,1H3. The summed E-state index contributed by atoms with van der Waals surface area (Å²) in [7, 11) is 0. The number of rotatable bonds is 1. The van der Waals surface area contributed by atoms with E-state index in [4.69, 9.17) is 23.1 Å². The molecule has 2 rings (SSSR count). The predicted molar refractivity (Wildman–Crippen MR) is 75.5 cm³/mol. The van der Waals surface area contributed by atoms with E-state index in [1.54, 1.807) is 0 Å². The van der Waals surface area contributed by atoms with Crippen LogP contribution in [0.4, 0.5) is 21.5 Å². The van der Waals surface area contributed by atoms with Crippen molar-refractivity contribution in [3.05, 3.63) is 16.9 Å². The largest absolute Gasteiger partial charge is 0.397 e. The first kappa shape index (κ1) is 13.3. The third kappa shape index (κ3) is 2.48. The summed E-state index contributed by atoms with van der Waals surface area (Å²) in [5.41, 5.74) is 12.5. The Morgan fingerprint density at radius 1 is 1.28 bits per heavy atom. The number of nitrogen functional groups attached to an aromatic ring is 2. The van der Waals surface area contributed by atoms with Gasteiger partial charge in [-0.2, -0.15) is 0 Å². The molecule has 1 aliphatic heterocycles. The maximum absolute atomic E-state index is 14.2. The van der Waals surface area contributed by atoms with Gasteiger partial charge < -0.3 is 16.4 Å². The van der Waals surface area contributed by atoms with Crippen LogP contribution in [-0.4, -0.2) is 13.1 Å². The molecular formula is C13H19ClFN3. The summed E-state index contributed by atoms with van der Waals surface area (Å²) in [5, 5.41) is -0.0310. The lowest BCUT2D eigenvalue weighted by Gasteiger charge is -2.25. The Morgan fingerprint density at radius 3 is 2.72 bits per heavy atom. The number of benzene rings is 1. The summed E-state index contributed by atoms with van der Waals surface area (Å²) >= 11 is 5.86. The van der Waals surface area contributed by atoms with Crippen LogP contribution in [0.5, 0.6) is 0 Å². The fraction of sp³-hybridized carbons (Fsp3) is 0.538. The van der Waals surface area contributed by atoms with Crippen molar-refractivity contribution in [2.45, 2.75) is 26.2 Å². The Labute approximate surface area is 112 Å². The van der Waals surface area contributed by atoms with Gasteiger partial charge >= 0.3 is 0 Å². The molecule has 3 nitrogen and oxygen atoms in total. The molecule has 0 radical (unpaired) electrons. The molecule has 1 aromatic rings. The molecule has 100 valence electrons. The van der Waals surface area contributed by atoms with Gasteiger partial charge in [-0.3, -0.25) is 0 Å². The van der Waals surface area contributed by atoms with Gasteiger partial charge in [0.05, 0.1) is 17.1 Å². The number of nitrogens with zero attached hydrogens (tertiary/aromatic N) is 1. The molecule has 0 aromatic heterocycles. The van der Waals surface area contributed by atoms with Gasteiger partial charge in [-0.25, -0.2) is 4.39 Å². The van der Waals surface area contributed by atoms with Gasteiger partial charge in [0.25, 0.3) is 0 Å². The summed E-state index contributed by atoms with van der Waals surface area (Å²) in [6.07, 6.45) is 3.25. The second kappa shape index (κ2) is 5.22. The average molecular weight is 272 g/mol. The molecule has 1 saturated heterocycles. The van der Waals surface area contributed by atoms with E-state index in [1.807, 2.05) is 4.90 Å². The third-order valence-electron chi connectivity index (χ3n) is 3.57. The van der Waals surface area contributed by atoms with Crippen LogP contribution in [0.3, 0.4) is 0 Å². The molecule has 18 heavy (non-hydrogen) atoms. The maximum atomic E-state index is 14.2. The topological polar surface area (TPSA) is 55.3 Å². The molecule has 1 aromatic carbocycles. The summed E-state index contributed by atoms with van der Waals surface area (Å²) in [6, 6.07) is 1.54. The average Bonchev–Trinajstić information content (AvgIpc) is 2.52. The predicted octanol–water partition coefficient (Wildman–Crippen LogP) is 3.27. The lowest BCUT2D eigenvalue weighted by atomic mass is 10.0. The molecular weight excluding hydrogens is 253 g/mol. The second-order valence-corrected chi connectivity index (χ2v) is 5.43.